The Morgan fingerprint density at radius 3 is 1.46 bits per heavy atom. The summed E-state index contributed by atoms with van der Waals surface area (Å²) < 4.78 is 35.1. The molecule has 0 aliphatic heterocycles. The molecule has 0 aliphatic carbocycles. The van der Waals surface area contributed by atoms with Crippen molar-refractivity contribution in [3.05, 3.63) is 36.5 Å². The third-order valence-corrected chi connectivity index (χ3v) is 11.6. The number of carbonyl (C=O) groups is 1. The van der Waals surface area contributed by atoms with E-state index in [0.29, 0.717) is 24.1 Å². The monoisotopic (exact) mass is 855 g/mol. The topological polar surface area (TPSA) is 91.3 Å². The van der Waals surface area contributed by atoms with E-state index in [4.69, 9.17) is 18.5 Å². The highest BCUT2D eigenvalue weighted by Gasteiger charge is 2.26. The number of esters is 1. The molecule has 1 N–H and O–H groups in total. The standard InChI is InChI=1S/C50H96NO7P/c1-6-8-10-12-14-16-18-20-21-22-23-24-25-26-27-28-29-30-32-34-36-38-40-42-45-55-47-49(48-57-59(53,54)56-46-44-51(3,4)5)58-50(52)43-41-39-37-35-33-31-19-17-15-13-11-9-7-2/h11,13,17,19,22-23,49H,6-10,12,14-16,18,20-21,24-48H2,1-5H3/p+1/b13-11-,19-17-,23-22-. The zero-order valence-corrected chi connectivity index (χ0v) is 40.4. The molecule has 0 radical (unpaired) electrons. The first kappa shape index (κ1) is 57.7. The van der Waals surface area contributed by atoms with E-state index in [2.05, 4.69) is 50.3 Å². The van der Waals surface area contributed by atoms with Gasteiger partial charge in [0.2, 0.25) is 0 Å². The Hall–Kier alpha value is -1.28. The van der Waals surface area contributed by atoms with Gasteiger partial charge in [-0.2, -0.15) is 0 Å². The van der Waals surface area contributed by atoms with Crippen LogP contribution >= 0.6 is 7.82 Å². The Labute approximate surface area is 365 Å². The number of allylic oxidation sites excluding steroid dienone is 6. The second-order valence-electron chi connectivity index (χ2n) is 17.8. The van der Waals surface area contributed by atoms with E-state index in [1.54, 1.807) is 0 Å². The number of carbonyl (C=O) groups excluding carboxylic acids is 1. The highest BCUT2D eigenvalue weighted by atomic mass is 31.2. The molecule has 0 rings (SSSR count). The lowest BCUT2D eigenvalue weighted by atomic mass is 10.0. The number of ether oxygens (including phenoxy) is 2. The van der Waals surface area contributed by atoms with Crippen LogP contribution in [0.15, 0.2) is 36.5 Å². The van der Waals surface area contributed by atoms with Crippen LogP contribution in [0.4, 0.5) is 0 Å². The summed E-state index contributed by atoms with van der Waals surface area (Å²) in [6, 6.07) is 0. The van der Waals surface area contributed by atoms with Crippen molar-refractivity contribution in [3.63, 3.8) is 0 Å². The van der Waals surface area contributed by atoms with Gasteiger partial charge in [-0.05, 0) is 64.2 Å². The van der Waals surface area contributed by atoms with Gasteiger partial charge in [0, 0.05) is 13.0 Å². The number of quaternary nitrogens is 1. The van der Waals surface area contributed by atoms with Crippen LogP contribution in [0.25, 0.3) is 0 Å². The number of phosphoric ester groups is 1. The maximum Gasteiger partial charge on any atom is 0.472 e. The van der Waals surface area contributed by atoms with Crippen molar-refractivity contribution < 1.29 is 37.3 Å². The molecule has 2 atom stereocenters. The van der Waals surface area contributed by atoms with Crippen molar-refractivity contribution in [2.24, 2.45) is 0 Å². The van der Waals surface area contributed by atoms with Gasteiger partial charge in [-0.3, -0.25) is 13.8 Å². The molecule has 0 aromatic rings. The molecule has 0 spiro atoms. The fourth-order valence-corrected chi connectivity index (χ4v) is 7.56. The Bertz CT molecular complexity index is 1040. The smallest absolute Gasteiger partial charge is 0.457 e. The van der Waals surface area contributed by atoms with Crippen molar-refractivity contribution in [2.45, 2.75) is 225 Å². The average Bonchev–Trinajstić information content (AvgIpc) is 3.19. The summed E-state index contributed by atoms with van der Waals surface area (Å²) >= 11 is 0. The van der Waals surface area contributed by atoms with Crippen molar-refractivity contribution in [3.8, 4) is 0 Å². The highest BCUT2D eigenvalue weighted by Crippen LogP contribution is 2.43. The van der Waals surface area contributed by atoms with E-state index >= 15 is 0 Å². The first-order valence-corrected chi connectivity index (χ1v) is 26.2. The molecule has 0 aromatic heterocycles. The second kappa shape index (κ2) is 43.4. The van der Waals surface area contributed by atoms with Gasteiger partial charge in [-0.15, -0.1) is 0 Å². The normalized spacial score (nSPS) is 13.9. The van der Waals surface area contributed by atoms with E-state index in [9.17, 15) is 14.3 Å². The summed E-state index contributed by atoms with van der Waals surface area (Å²) in [5.74, 6) is -0.327. The number of likely N-dealkylation sites (N-methyl/N-ethyl adjacent to an activating group) is 1. The molecule has 348 valence electrons. The van der Waals surface area contributed by atoms with Crippen LogP contribution in [0.2, 0.25) is 0 Å². The van der Waals surface area contributed by atoms with Crippen LogP contribution < -0.4 is 0 Å². The summed E-state index contributed by atoms with van der Waals surface area (Å²) in [5, 5.41) is 0. The van der Waals surface area contributed by atoms with Crippen molar-refractivity contribution in [2.75, 3.05) is 54.1 Å². The predicted octanol–water partition coefficient (Wildman–Crippen LogP) is 14.9. The van der Waals surface area contributed by atoms with E-state index in [1.807, 2.05) is 21.1 Å². The molecule has 0 bridgehead atoms. The zero-order chi connectivity index (χ0) is 43.4. The minimum absolute atomic E-state index is 0.0860. The van der Waals surface area contributed by atoms with Gasteiger partial charge < -0.3 is 18.9 Å². The third kappa shape index (κ3) is 47.6. The molecule has 0 amide bonds. The molecule has 0 saturated heterocycles. The summed E-state index contributed by atoms with van der Waals surface area (Å²) in [7, 11) is 1.66. The molecule has 0 aromatic carbocycles. The van der Waals surface area contributed by atoms with Crippen LogP contribution in [0.1, 0.15) is 219 Å². The van der Waals surface area contributed by atoms with Crippen LogP contribution in [-0.2, 0) is 27.9 Å². The van der Waals surface area contributed by atoms with Gasteiger partial charge in [-0.25, -0.2) is 4.57 Å². The maximum atomic E-state index is 12.7. The SMILES string of the molecule is CCC/C=C\C/C=C\CCCCCCCC(=O)OC(COCCCCCCCCCCCCCC/C=C\CCCCCCCCCC)COP(=O)(O)OCC[N+](C)(C)C. The van der Waals surface area contributed by atoms with E-state index in [0.717, 1.165) is 64.2 Å². The van der Waals surface area contributed by atoms with E-state index in [1.165, 1.54) is 135 Å². The summed E-state index contributed by atoms with van der Waals surface area (Å²) in [5.41, 5.74) is 0. The van der Waals surface area contributed by atoms with Crippen molar-refractivity contribution >= 4 is 13.8 Å². The Balaban J connectivity index is 4.08. The van der Waals surface area contributed by atoms with Crippen LogP contribution in [0.5, 0.6) is 0 Å². The first-order chi connectivity index (χ1) is 28.6. The summed E-state index contributed by atoms with van der Waals surface area (Å²) in [6.07, 6.45) is 51.9. The Morgan fingerprint density at radius 1 is 0.525 bits per heavy atom. The Morgan fingerprint density at radius 2 is 0.966 bits per heavy atom. The first-order valence-electron chi connectivity index (χ1n) is 24.7. The number of hydrogen-bond donors (Lipinski definition) is 1. The Kier molecular flexibility index (Phi) is 42.4. The van der Waals surface area contributed by atoms with Gasteiger partial charge in [0.05, 0.1) is 34.4 Å². The number of unbranched alkanes of at least 4 members (excludes halogenated alkanes) is 26. The fraction of sp³-hybridized carbons (Fsp3) is 0.860. The fourth-order valence-electron chi connectivity index (χ4n) is 6.82. The zero-order valence-electron chi connectivity index (χ0n) is 39.5. The quantitative estimate of drug-likeness (QED) is 0.0214. The lowest BCUT2D eigenvalue weighted by Crippen LogP contribution is -2.37. The largest absolute Gasteiger partial charge is 0.472 e. The van der Waals surface area contributed by atoms with E-state index < -0.39 is 13.9 Å². The van der Waals surface area contributed by atoms with Gasteiger partial charge in [-0.1, -0.05) is 185 Å². The molecule has 59 heavy (non-hydrogen) atoms. The van der Waals surface area contributed by atoms with E-state index in [-0.39, 0.29) is 25.8 Å². The summed E-state index contributed by atoms with van der Waals surface area (Å²) in [4.78, 5) is 22.9. The van der Waals surface area contributed by atoms with Crippen molar-refractivity contribution in [1.29, 1.82) is 0 Å². The van der Waals surface area contributed by atoms with Gasteiger partial charge in [0.1, 0.15) is 19.3 Å². The molecule has 0 fully saturated rings. The molecular formula is C50H97NO7P+. The lowest BCUT2D eigenvalue weighted by molar-refractivity contribution is -0.870. The maximum absolute atomic E-state index is 12.7. The summed E-state index contributed by atoms with van der Waals surface area (Å²) in [6.45, 7) is 5.56. The molecule has 8 nitrogen and oxygen atoms in total. The van der Waals surface area contributed by atoms with Gasteiger partial charge >= 0.3 is 13.8 Å². The molecule has 9 heteroatoms. The molecule has 0 saturated carbocycles. The van der Waals surface area contributed by atoms with Gasteiger partial charge in [0.15, 0.2) is 0 Å². The van der Waals surface area contributed by atoms with Gasteiger partial charge in [0.25, 0.3) is 0 Å². The molecule has 0 aliphatic rings. The molecular weight excluding hydrogens is 758 g/mol. The number of hydrogen-bond acceptors (Lipinski definition) is 6. The second-order valence-corrected chi connectivity index (χ2v) is 19.3. The highest BCUT2D eigenvalue weighted by molar-refractivity contribution is 7.47. The average molecular weight is 855 g/mol. The number of rotatable bonds is 46. The predicted molar refractivity (Wildman–Crippen MR) is 252 cm³/mol. The number of nitrogens with zero attached hydrogens (tertiary/aromatic N) is 1. The van der Waals surface area contributed by atoms with Crippen LogP contribution in [-0.4, -0.2) is 75.6 Å². The third-order valence-electron chi connectivity index (χ3n) is 10.7. The molecule has 0 heterocycles. The van der Waals surface area contributed by atoms with Crippen molar-refractivity contribution in [1.82, 2.24) is 0 Å². The lowest BCUT2D eigenvalue weighted by Gasteiger charge is -2.24. The minimum Gasteiger partial charge on any atom is -0.457 e. The van der Waals surface area contributed by atoms with Crippen LogP contribution in [0.3, 0.4) is 0 Å². The number of phosphoric acid groups is 1. The van der Waals surface area contributed by atoms with Crippen LogP contribution in [0, 0.1) is 0 Å². The molecule has 2 unspecified atom stereocenters. The minimum atomic E-state index is -4.28.